The minimum Gasteiger partial charge on any atom is -0.481 e. The molecule has 1 saturated heterocycles. The van der Waals surface area contributed by atoms with E-state index in [-0.39, 0.29) is 74.4 Å². The van der Waals surface area contributed by atoms with Crippen LogP contribution in [-0.4, -0.2) is 106 Å². The Bertz CT molecular complexity index is 1470. The van der Waals surface area contributed by atoms with E-state index in [2.05, 4.69) is 15.0 Å². The second-order valence-corrected chi connectivity index (χ2v) is 10.5. The Morgan fingerprint density at radius 3 is 2.27 bits per heavy atom. The molecule has 2 heterocycles. The summed E-state index contributed by atoms with van der Waals surface area (Å²) in [5.74, 6) is -4.93. The highest BCUT2D eigenvalue weighted by molar-refractivity contribution is 6.00. The van der Waals surface area contributed by atoms with Crippen LogP contribution in [0.15, 0.2) is 24.3 Å². The highest BCUT2D eigenvalue weighted by Gasteiger charge is 2.47. The summed E-state index contributed by atoms with van der Waals surface area (Å²) in [7, 11) is 0. The van der Waals surface area contributed by atoms with Crippen molar-refractivity contribution in [1.29, 1.82) is 0 Å². The first-order valence-corrected chi connectivity index (χ1v) is 14.1. The van der Waals surface area contributed by atoms with Gasteiger partial charge in [-0.15, -0.1) is 13.2 Å². The third kappa shape index (κ3) is 8.02. The molecule has 1 aliphatic carbocycles. The lowest BCUT2D eigenvalue weighted by Crippen LogP contribution is -2.56. The van der Waals surface area contributed by atoms with E-state index in [1.807, 2.05) is 0 Å². The number of amides is 3. The van der Waals surface area contributed by atoms with Gasteiger partial charge in [0.25, 0.3) is 5.91 Å². The van der Waals surface area contributed by atoms with Gasteiger partial charge in [-0.2, -0.15) is 0 Å². The minimum absolute atomic E-state index is 0.0319. The molecule has 2 aromatic rings. The molecular formula is C28H31F3N4O10. The highest BCUT2D eigenvalue weighted by atomic mass is 19.4. The number of hydrogen-bond donors (Lipinski definition) is 3. The molecule has 3 amide bonds. The first kappa shape index (κ1) is 33.1. The topological polar surface area (TPSA) is 185 Å². The van der Waals surface area contributed by atoms with Crippen molar-refractivity contribution in [3.8, 4) is 11.5 Å². The number of nitrogens with zero attached hydrogens (tertiary/aromatic N) is 3. The number of carboxylic acids is 2. The van der Waals surface area contributed by atoms with E-state index in [1.54, 1.807) is 6.92 Å². The minimum atomic E-state index is -5.01. The Labute approximate surface area is 254 Å². The van der Waals surface area contributed by atoms with E-state index in [0.717, 1.165) is 24.3 Å². The number of piperazine rings is 1. The number of carboxylic acid groups (broad SMARTS) is 2. The molecule has 1 aromatic heterocycles. The molecule has 0 spiro atoms. The number of fused-ring (bicyclic) bond motifs is 1. The van der Waals surface area contributed by atoms with Crippen LogP contribution in [0.25, 0.3) is 10.9 Å². The summed E-state index contributed by atoms with van der Waals surface area (Å²) in [5.41, 5.74) is -2.06. The van der Waals surface area contributed by atoms with E-state index >= 15 is 0 Å². The molecule has 17 heteroatoms. The van der Waals surface area contributed by atoms with Gasteiger partial charge in [0.2, 0.25) is 11.5 Å². The van der Waals surface area contributed by atoms with Gasteiger partial charge in [0.15, 0.2) is 0 Å². The van der Waals surface area contributed by atoms with Crippen LogP contribution in [0.1, 0.15) is 49.5 Å². The molecule has 1 aromatic carbocycles. The van der Waals surface area contributed by atoms with E-state index in [0.29, 0.717) is 6.42 Å². The molecule has 45 heavy (non-hydrogen) atoms. The van der Waals surface area contributed by atoms with Crippen molar-refractivity contribution in [3.63, 3.8) is 0 Å². The van der Waals surface area contributed by atoms with Crippen LogP contribution in [0, 0.1) is 0 Å². The second-order valence-electron chi connectivity index (χ2n) is 10.5. The number of nitrogens with one attached hydrogen (secondary N) is 1. The quantitative estimate of drug-likeness (QED) is 0.328. The monoisotopic (exact) mass is 640 g/mol. The van der Waals surface area contributed by atoms with E-state index in [9.17, 15) is 47.4 Å². The summed E-state index contributed by atoms with van der Waals surface area (Å²) in [6.45, 7) is 2.34. The predicted octanol–water partition coefficient (Wildman–Crippen LogP) is 2.78. The zero-order valence-corrected chi connectivity index (χ0v) is 24.1. The molecule has 0 radical (unpaired) electrons. The maximum absolute atomic E-state index is 13.4. The van der Waals surface area contributed by atoms with Gasteiger partial charge in [-0.1, -0.05) is 0 Å². The summed E-state index contributed by atoms with van der Waals surface area (Å²) in [5, 5.41) is 21.4. The number of alkyl halides is 3. The number of carbonyl (C=O) groups excluding carboxylic acids is 3. The van der Waals surface area contributed by atoms with Gasteiger partial charge in [-0.3, -0.25) is 14.4 Å². The molecular weight excluding hydrogens is 609 g/mol. The molecule has 2 fully saturated rings. The smallest absolute Gasteiger partial charge is 0.481 e. The Kier molecular flexibility index (Phi) is 9.87. The molecule has 1 saturated carbocycles. The van der Waals surface area contributed by atoms with Crippen LogP contribution < -0.4 is 14.8 Å². The molecule has 2 aliphatic rings. The lowest BCUT2D eigenvalue weighted by molar-refractivity contribution is -0.274. The van der Waals surface area contributed by atoms with Crippen LogP contribution >= 0.6 is 0 Å². The van der Waals surface area contributed by atoms with Crippen molar-refractivity contribution < 1.29 is 61.6 Å². The van der Waals surface area contributed by atoms with Gasteiger partial charge in [-0.05, 0) is 50.8 Å². The summed E-state index contributed by atoms with van der Waals surface area (Å²) in [4.78, 5) is 69.1. The fraction of sp³-hybridized carbons (Fsp3) is 0.500. The lowest BCUT2D eigenvalue weighted by Gasteiger charge is -2.38. The number of aliphatic carboxylic acids is 2. The molecule has 4 rings (SSSR count). The Balaban J connectivity index is 1.61. The third-order valence-corrected chi connectivity index (χ3v) is 7.43. The summed E-state index contributed by atoms with van der Waals surface area (Å²) < 4.78 is 53.4. The molecule has 3 N–H and O–H groups in total. The predicted molar refractivity (Wildman–Crippen MR) is 147 cm³/mol. The number of rotatable bonds is 11. The number of hydrogen-bond acceptors (Lipinski definition) is 9. The molecule has 244 valence electrons. The number of pyridine rings is 1. The Morgan fingerprint density at radius 1 is 1.04 bits per heavy atom. The van der Waals surface area contributed by atoms with E-state index in [1.165, 1.54) is 9.80 Å². The maximum atomic E-state index is 13.4. The zero-order chi connectivity index (χ0) is 32.9. The fourth-order valence-electron chi connectivity index (χ4n) is 4.94. The fourth-order valence-corrected chi connectivity index (χ4v) is 4.94. The maximum Gasteiger partial charge on any atom is 0.573 e. The number of aromatic nitrogens is 1. The van der Waals surface area contributed by atoms with Crippen LogP contribution in [0.4, 0.5) is 18.0 Å². The molecule has 14 nitrogen and oxygen atoms in total. The van der Waals surface area contributed by atoms with E-state index < -0.39 is 60.0 Å². The summed E-state index contributed by atoms with van der Waals surface area (Å²) >= 11 is 0. The first-order chi connectivity index (χ1) is 21.2. The number of benzene rings is 1. The average molecular weight is 641 g/mol. The first-order valence-electron chi connectivity index (χ1n) is 14.1. The van der Waals surface area contributed by atoms with Gasteiger partial charge < -0.3 is 39.5 Å². The summed E-state index contributed by atoms with van der Waals surface area (Å²) in [6, 6.07) is 2.78. The normalized spacial score (nSPS) is 16.7. The van der Waals surface area contributed by atoms with Crippen molar-refractivity contribution in [2.24, 2.45) is 0 Å². The Morgan fingerprint density at radius 2 is 1.71 bits per heavy atom. The van der Waals surface area contributed by atoms with Gasteiger partial charge in [0, 0.05) is 44.1 Å². The van der Waals surface area contributed by atoms with Crippen LogP contribution in [0.2, 0.25) is 0 Å². The van der Waals surface area contributed by atoms with Gasteiger partial charge in [0.05, 0.1) is 12.1 Å². The Hall–Kier alpha value is -4.83. The van der Waals surface area contributed by atoms with Crippen LogP contribution in [-0.2, 0) is 19.1 Å². The lowest BCUT2D eigenvalue weighted by atomic mass is 9.80. The number of carbonyl (C=O) groups is 5. The van der Waals surface area contributed by atoms with Crippen molar-refractivity contribution in [3.05, 3.63) is 30.0 Å². The zero-order valence-electron chi connectivity index (χ0n) is 24.1. The van der Waals surface area contributed by atoms with Crippen molar-refractivity contribution in [1.82, 2.24) is 20.1 Å². The number of ether oxygens (including phenoxy) is 3. The van der Waals surface area contributed by atoms with Gasteiger partial charge >= 0.3 is 24.4 Å². The average Bonchev–Trinajstić information content (AvgIpc) is 2.95. The van der Waals surface area contributed by atoms with Gasteiger partial charge in [-0.25, -0.2) is 14.6 Å². The molecule has 1 aliphatic heterocycles. The van der Waals surface area contributed by atoms with Crippen LogP contribution in [0.3, 0.4) is 0 Å². The summed E-state index contributed by atoms with van der Waals surface area (Å²) in [6.07, 6.45) is -5.56. The second kappa shape index (κ2) is 13.4. The van der Waals surface area contributed by atoms with Crippen LogP contribution in [0.5, 0.6) is 11.5 Å². The van der Waals surface area contributed by atoms with Gasteiger partial charge in [0.1, 0.15) is 23.2 Å². The number of halogens is 3. The highest BCUT2D eigenvalue weighted by Crippen LogP contribution is 2.40. The SMILES string of the molecule is CCOC(=O)N1CCN(C(=O)C(CCC(=O)O)NC(=O)c2cc(OC3(C(=O)O)CCC3)c3cc(OC(F)(F)F)ccc3n2)CC1. The van der Waals surface area contributed by atoms with Crippen molar-refractivity contribution >= 4 is 40.7 Å². The van der Waals surface area contributed by atoms with Crippen molar-refractivity contribution in [2.45, 2.75) is 57.0 Å². The van der Waals surface area contributed by atoms with Crippen molar-refractivity contribution in [2.75, 3.05) is 32.8 Å². The molecule has 1 atom stereocenters. The largest absolute Gasteiger partial charge is 0.573 e. The van der Waals surface area contributed by atoms with E-state index in [4.69, 9.17) is 9.47 Å². The molecule has 1 unspecified atom stereocenters. The third-order valence-electron chi connectivity index (χ3n) is 7.43. The standard InChI is InChI=1S/C28H31F3N4O10/c1-2-43-26(42)35-12-10-34(11-13-35)24(39)19(6-7-22(36)37)33-23(38)20-15-21(45-27(25(40)41)8-3-9-27)17-14-16(44-28(29,30)31)4-5-18(17)32-20/h4-5,14-15,19H,2-3,6-13H2,1H3,(H,33,38)(H,36,37)(H,40,41). The molecule has 0 bridgehead atoms.